The van der Waals surface area contributed by atoms with Crippen LogP contribution in [0.1, 0.15) is 37.8 Å². The monoisotopic (exact) mass is 410 g/mol. The van der Waals surface area contributed by atoms with Crippen LogP contribution in [0.4, 0.5) is 32.0 Å². The van der Waals surface area contributed by atoms with Crippen LogP contribution in [-0.2, 0) is 11.0 Å². The largest absolute Gasteiger partial charge is 0.417 e. The summed E-state index contributed by atoms with van der Waals surface area (Å²) in [6, 6.07) is 4.03. The third kappa shape index (κ3) is 5.36. The average Bonchev–Trinajstić information content (AvgIpc) is 2.62. The molecule has 1 unspecified atom stereocenters. The molecule has 1 aromatic carbocycles. The van der Waals surface area contributed by atoms with Crippen LogP contribution in [0.25, 0.3) is 0 Å². The van der Waals surface area contributed by atoms with Crippen LogP contribution in [0.2, 0.25) is 0 Å². The van der Waals surface area contributed by atoms with Crippen molar-refractivity contribution in [2.75, 3.05) is 18.5 Å². The second-order valence-corrected chi connectivity index (χ2v) is 6.38. The summed E-state index contributed by atoms with van der Waals surface area (Å²) in [6.07, 6.45) is -11.3. The number of halogens is 6. The van der Waals surface area contributed by atoms with E-state index < -0.39 is 47.8 Å². The van der Waals surface area contributed by atoms with Crippen LogP contribution >= 0.6 is 0 Å². The number of nitrogens with two attached hydrogens (primary N) is 1. The van der Waals surface area contributed by atoms with Gasteiger partial charge < -0.3 is 4.90 Å². The minimum Gasteiger partial charge on any atom is -0.314 e. The van der Waals surface area contributed by atoms with Gasteiger partial charge in [0.1, 0.15) is 5.54 Å². The number of hydrazine groups is 1. The Labute approximate surface area is 158 Å². The maximum atomic E-state index is 13.1. The van der Waals surface area contributed by atoms with Gasteiger partial charge in [-0.15, -0.1) is 0 Å². The number of benzene rings is 1. The maximum Gasteiger partial charge on any atom is 0.417 e. The summed E-state index contributed by atoms with van der Waals surface area (Å²) in [5.41, 5.74) is -3.90. The Balaban J connectivity index is 3.32. The van der Waals surface area contributed by atoms with Gasteiger partial charge in [0.2, 0.25) is 5.91 Å². The highest BCUT2D eigenvalue weighted by molar-refractivity contribution is 5.99. The lowest BCUT2D eigenvalue weighted by atomic mass is 9.92. The van der Waals surface area contributed by atoms with Crippen molar-refractivity contribution in [3.63, 3.8) is 0 Å². The zero-order valence-corrected chi connectivity index (χ0v) is 15.4. The number of hydrogen-bond donors (Lipinski definition) is 1. The molecule has 1 aromatic rings. The number of hydrogen-bond acceptors (Lipinski definition) is 4. The number of likely N-dealkylation sites (N-methyl/N-ethyl adjacent to an activating group) is 2. The molecule has 1 amide bonds. The Morgan fingerprint density at radius 2 is 1.75 bits per heavy atom. The van der Waals surface area contributed by atoms with Gasteiger partial charge in [-0.25, -0.2) is 5.01 Å². The van der Waals surface area contributed by atoms with Crippen molar-refractivity contribution in [1.82, 2.24) is 5.01 Å². The van der Waals surface area contributed by atoms with E-state index in [1.807, 2.05) is 0 Å². The van der Waals surface area contributed by atoms with E-state index in [9.17, 15) is 31.1 Å². The van der Waals surface area contributed by atoms with Gasteiger partial charge in [-0.1, -0.05) is 6.92 Å². The van der Waals surface area contributed by atoms with Crippen LogP contribution in [0, 0.1) is 11.3 Å². The topological polar surface area (TPSA) is 73.4 Å². The Hall–Kier alpha value is -2.32. The molecular weight excluding hydrogens is 390 g/mol. The van der Waals surface area contributed by atoms with Crippen LogP contribution in [0.3, 0.4) is 0 Å². The number of rotatable bonds is 6. The molecule has 1 rings (SSSR count). The zero-order valence-electron chi connectivity index (χ0n) is 15.4. The van der Waals surface area contributed by atoms with Crippen molar-refractivity contribution >= 4 is 11.6 Å². The van der Waals surface area contributed by atoms with E-state index >= 15 is 0 Å². The first kappa shape index (κ1) is 23.7. The smallest absolute Gasteiger partial charge is 0.314 e. The van der Waals surface area contributed by atoms with Gasteiger partial charge >= 0.3 is 12.4 Å². The van der Waals surface area contributed by atoms with Crippen LogP contribution < -0.4 is 10.7 Å². The second-order valence-electron chi connectivity index (χ2n) is 6.38. The molecule has 2 N–H and O–H groups in total. The zero-order chi connectivity index (χ0) is 21.9. The van der Waals surface area contributed by atoms with E-state index in [1.54, 1.807) is 0 Å². The first-order valence-electron chi connectivity index (χ1n) is 8.16. The van der Waals surface area contributed by atoms with E-state index in [4.69, 9.17) is 11.1 Å². The van der Waals surface area contributed by atoms with Gasteiger partial charge in [0.15, 0.2) is 0 Å². The molecule has 0 heterocycles. The molecule has 0 aromatic heterocycles. The summed E-state index contributed by atoms with van der Waals surface area (Å²) in [4.78, 5) is 13.7. The van der Waals surface area contributed by atoms with E-state index in [0.717, 1.165) is 29.1 Å². The standard InChI is InChI=1S/C17H20F6N4O/c1-4-27(25)15(2,7-8-16(18,19)20)14(28)26(3)12-6-5-11(10-24)13(9-12)17(21,22)23/h5-6,9H,4,7-8,25H2,1-3H3. The number of carbonyl (C=O) groups is 1. The van der Waals surface area contributed by atoms with Crippen molar-refractivity contribution in [2.24, 2.45) is 5.84 Å². The number of anilines is 1. The molecule has 0 spiro atoms. The summed E-state index contributed by atoms with van der Waals surface area (Å²) in [6.45, 7) is 2.77. The highest BCUT2D eigenvalue weighted by Gasteiger charge is 2.43. The van der Waals surface area contributed by atoms with Crippen molar-refractivity contribution in [2.45, 2.75) is 44.6 Å². The van der Waals surface area contributed by atoms with Crippen LogP contribution in [0.5, 0.6) is 0 Å². The molecule has 11 heteroatoms. The number of alkyl halides is 6. The third-order valence-corrected chi connectivity index (χ3v) is 4.45. The van der Waals surface area contributed by atoms with Gasteiger partial charge in [-0.2, -0.15) is 31.6 Å². The van der Waals surface area contributed by atoms with Gasteiger partial charge in [0.05, 0.1) is 17.2 Å². The summed E-state index contributed by atoms with van der Waals surface area (Å²) in [7, 11) is 1.14. The van der Waals surface area contributed by atoms with E-state index in [2.05, 4.69) is 0 Å². The summed E-state index contributed by atoms with van der Waals surface area (Å²) in [5, 5.41) is 9.76. The molecule has 0 bridgehead atoms. The molecule has 5 nitrogen and oxygen atoms in total. The second kappa shape index (κ2) is 8.36. The van der Waals surface area contributed by atoms with Gasteiger partial charge in [0.25, 0.3) is 0 Å². The molecule has 1 atom stereocenters. The van der Waals surface area contributed by atoms with Gasteiger partial charge in [-0.3, -0.25) is 10.6 Å². The van der Waals surface area contributed by atoms with E-state index in [-0.39, 0.29) is 12.2 Å². The molecule has 0 saturated heterocycles. The molecule has 0 fully saturated rings. The van der Waals surface area contributed by atoms with Crippen molar-refractivity contribution in [3.8, 4) is 6.07 Å². The molecule has 0 saturated carbocycles. The first-order valence-corrected chi connectivity index (χ1v) is 8.16. The Morgan fingerprint density at radius 1 is 1.18 bits per heavy atom. The van der Waals surface area contributed by atoms with Crippen LogP contribution in [-0.4, -0.2) is 36.2 Å². The lowest BCUT2D eigenvalue weighted by Gasteiger charge is -2.39. The molecule has 28 heavy (non-hydrogen) atoms. The summed E-state index contributed by atoms with van der Waals surface area (Å²) >= 11 is 0. The molecule has 0 aliphatic heterocycles. The maximum absolute atomic E-state index is 13.1. The molecule has 0 radical (unpaired) electrons. The minimum absolute atomic E-state index is 0.0368. The number of carbonyl (C=O) groups excluding carboxylic acids is 1. The Morgan fingerprint density at radius 3 is 2.18 bits per heavy atom. The number of amides is 1. The lowest BCUT2D eigenvalue weighted by molar-refractivity contribution is -0.148. The van der Waals surface area contributed by atoms with Crippen LogP contribution in [0.15, 0.2) is 18.2 Å². The molecule has 0 aliphatic carbocycles. The summed E-state index contributed by atoms with van der Waals surface area (Å²) < 4.78 is 77.4. The normalized spacial score (nSPS) is 14.5. The van der Waals surface area contributed by atoms with Gasteiger partial charge in [-0.05, 0) is 31.5 Å². The van der Waals surface area contributed by atoms with E-state index in [1.165, 1.54) is 19.9 Å². The average molecular weight is 410 g/mol. The highest BCUT2D eigenvalue weighted by atomic mass is 19.4. The first-order chi connectivity index (χ1) is 12.7. The molecular formula is C17H20F6N4O. The Kier molecular flexibility index (Phi) is 7.08. The van der Waals surface area contributed by atoms with Crippen molar-refractivity contribution < 1.29 is 31.1 Å². The fraction of sp³-hybridized carbons (Fsp3) is 0.529. The predicted octanol–water partition coefficient (Wildman–Crippen LogP) is 3.84. The van der Waals surface area contributed by atoms with E-state index in [0.29, 0.717) is 6.07 Å². The summed E-state index contributed by atoms with van der Waals surface area (Å²) in [5.74, 6) is 4.83. The van der Waals surface area contributed by atoms with Gasteiger partial charge in [0, 0.05) is 25.7 Å². The minimum atomic E-state index is -4.84. The van der Waals surface area contributed by atoms with Crippen molar-refractivity contribution in [1.29, 1.82) is 5.26 Å². The van der Waals surface area contributed by atoms with Crippen molar-refractivity contribution in [3.05, 3.63) is 29.3 Å². The fourth-order valence-electron chi connectivity index (χ4n) is 2.66. The quantitative estimate of drug-likeness (QED) is 0.439. The molecule has 156 valence electrons. The third-order valence-electron chi connectivity index (χ3n) is 4.45. The number of nitrogens with zero attached hydrogens (tertiary/aromatic N) is 3. The lowest BCUT2D eigenvalue weighted by Crippen LogP contribution is -2.60. The fourth-order valence-corrected chi connectivity index (χ4v) is 2.66. The molecule has 0 aliphatic rings. The highest BCUT2D eigenvalue weighted by Crippen LogP contribution is 2.35. The Bertz CT molecular complexity index is 755. The SMILES string of the molecule is CCN(N)C(C)(CCC(F)(F)F)C(=O)N(C)c1ccc(C#N)c(C(F)(F)F)c1. The predicted molar refractivity (Wildman–Crippen MR) is 89.8 cm³/mol. The number of nitriles is 1.